The number of hydrogen-bond acceptors (Lipinski definition) is 5. The van der Waals surface area contributed by atoms with Crippen LogP contribution >= 0.6 is 0 Å². The van der Waals surface area contributed by atoms with Gasteiger partial charge in [0, 0.05) is 30.6 Å². The van der Waals surface area contributed by atoms with Crippen LogP contribution in [-0.4, -0.2) is 52.5 Å². The van der Waals surface area contributed by atoms with E-state index in [-0.39, 0.29) is 24.8 Å². The van der Waals surface area contributed by atoms with Crippen molar-refractivity contribution in [1.29, 1.82) is 0 Å². The first-order valence-corrected chi connectivity index (χ1v) is 12.9. The van der Waals surface area contributed by atoms with Crippen molar-refractivity contribution in [3.63, 3.8) is 0 Å². The van der Waals surface area contributed by atoms with Crippen molar-refractivity contribution in [1.82, 2.24) is 20.5 Å². The quantitative estimate of drug-likeness (QED) is 0.532. The van der Waals surface area contributed by atoms with Crippen LogP contribution in [0.5, 0.6) is 0 Å². The second-order valence-electron chi connectivity index (χ2n) is 10.5. The number of anilines is 1. The summed E-state index contributed by atoms with van der Waals surface area (Å²) in [6.07, 6.45) is 6.86. The van der Waals surface area contributed by atoms with Gasteiger partial charge in [-0.3, -0.25) is 9.59 Å². The molecular formula is C27H38FN5O2. The minimum absolute atomic E-state index is 0.0277. The third-order valence-electron chi connectivity index (χ3n) is 7.21. The summed E-state index contributed by atoms with van der Waals surface area (Å²) in [6, 6.07) is 6.73. The molecule has 35 heavy (non-hydrogen) atoms. The van der Waals surface area contributed by atoms with E-state index in [1.54, 1.807) is 6.20 Å². The number of nitrogens with one attached hydrogen (secondary N) is 2. The number of aromatic nitrogens is 1. The molecular weight excluding hydrogens is 445 g/mol. The molecule has 190 valence electrons. The van der Waals surface area contributed by atoms with Crippen molar-refractivity contribution >= 4 is 28.4 Å². The highest BCUT2D eigenvalue weighted by Crippen LogP contribution is 2.25. The second-order valence-corrected chi connectivity index (χ2v) is 10.5. The summed E-state index contributed by atoms with van der Waals surface area (Å²) < 4.78 is 14.5. The molecule has 0 radical (unpaired) electrons. The molecule has 2 aromatic rings. The molecule has 1 aromatic carbocycles. The summed E-state index contributed by atoms with van der Waals surface area (Å²) in [7, 11) is 0. The molecule has 1 aliphatic heterocycles. The molecule has 1 saturated carbocycles. The van der Waals surface area contributed by atoms with Crippen molar-refractivity contribution < 1.29 is 14.0 Å². The maximum absolute atomic E-state index is 14.5. The first kappa shape index (κ1) is 25.4. The topological polar surface area (TPSA) is 100 Å². The maximum Gasteiger partial charge on any atom is 0.243 e. The number of hydrogen-bond donors (Lipinski definition) is 3. The Bertz CT molecular complexity index is 1040. The van der Waals surface area contributed by atoms with Gasteiger partial charge >= 0.3 is 0 Å². The average Bonchev–Trinajstić information content (AvgIpc) is 3.24. The summed E-state index contributed by atoms with van der Waals surface area (Å²) in [5, 5.41) is 8.28. The number of nitrogens with two attached hydrogens (primary N) is 1. The second kappa shape index (κ2) is 11.3. The number of amides is 2. The van der Waals surface area contributed by atoms with Crippen molar-refractivity contribution in [2.45, 2.75) is 89.6 Å². The molecule has 2 fully saturated rings. The molecule has 1 aromatic heterocycles. The van der Waals surface area contributed by atoms with E-state index in [0.29, 0.717) is 30.7 Å². The third-order valence-corrected chi connectivity index (χ3v) is 7.21. The van der Waals surface area contributed by atoms with Crippen LogP contribution in [0, 0.1) is 5.92 Å². The standard InChI is InChI=1S/C27H38FN5O2/c1-17(2)12-23(32-21-6-4-3-5-7-21)27(35)33-16-20(28)14-24(33)26(34)31-15-18-8-9-22-19(13-18)10-11-30-25(22)29/h8-11,13,17,20-21,23-24,32H,3-7,12,14-16H2,1-2H3,(H2,29,30)(H,31,34)/t20-,23+,24-/m0/s1. The van der Waals surface area contributed by atoms with E-state index >= 15 is 0 Å². The number of carbonyl (C=O) groups excluding carboxylic acids is 2. The third kappa shape index (κ3) is 6.28. The van der Waals surface area contributed by atoms with Crippen LogP contribution in [0.3, 0.4) is 0 Å². The first-order chi connectivity index (χ1) is 16.8. The van der Waals surface area contributed by atoms with Gasteiger partial charge in [-0.25, -0.2) is 9.37 Å². The largest absolute Gasteiger partial charge is 0.383 e. The van der Waals surface area contributed by atoms with Gasteiger partial charge < -0.3 is 21.3 Å². The Morgan fingerprint density at radius 3 is 2.71 bits per heavy atom. The van der Waals surface area contributed by atoms with Crippen LogP contribution in [0.4, 0.5) is 10.2 Å². The molecule has 4 N–H and O–H groups in total. The molecule has 1 saturated heterocycles. The molecule has 0 unspecified atom stereocenters. The van der Waals surface area contributed by atoms with E-state index in [1.165, 1.54) is 24.2 Å². The highest BCUT2D eigenvalue weighted by molar-refractivity contribution is 5.92. The normalized spacial score (nSPS) is 22.0. The summed E-state index contributed by atoms with van der Waals surface area (Å²) in [5.41, 5.74) is 6.83. The number of likely N-dealkylation sites (tertiary alicyclic amines) is 1. The van der Waals surface area contributed by atoms with E-state index in [4.69, 9.17) is 5.73 Å². The molecule has 8 heteroatoms. The van der Waals surface area contributed by atoms with Gasteiger partial charge in [-0.15, -0.1) is 0 Å². The van der Waals surface area contributed by atoms with Crippen LogP contribution in [-0.2, 0) is 16.1 Å². The fourth-order valence-electron chi connectivity index (χ4n) is 5.41. The van der Waals surface area contributed by atoms with Gasteiger partial charge in [-0.2, -0.15) is 0 Å². The van der Waals surface area contributed by atoms with Crippen LogP contribution < -0.4 is 16.4 Å². The maximum atomic E-state index is 14.5. The lowest BCUT2D eigenvalue weighted by Crippen LogP contribution is -2.54. The highest BCUT2D eigenvalue weighted by Gasteiger charge is 2.42. The minimum Gasteiger partial charge on any atom is -0.383 e. The first-order valence-electron chi connectivity index (χ1n) is 12.9. The Kier molecular flexibility index (Phi) is 8.21. The predicted octanol–water partition coefficient (Wildman–Crippen LogP) is 3.71. The van der Waals surface area contributed by atoms with E-state index in [9.17, 15) is 14.0 Å². The Morgan fingerprint density at radius 2 is 1.97 bits per heavy atom. The van der Waals surface area contributed by atoms with Crippen molar-refractivity contribution in [3.8, 4) is 0 Å². The average molecular weight is 484 g/mol. The Labute approximate surface area is 207 Å². The fourth-order valence-corrected chi connectivity index (χ4v) is 5.41. The minimum atomic E-state index is -1.19. The monoisotopic (exact) mass is 483 g/mol. The molecule has 2 amide bonds. The number of carbonyl (C=O) groups is 2. The Morgan fingerprint density at radius 1 is 1.20 bits per heavy atom. The molecule has 0 spiro atoms. The van der Waals surface area contributed by atoms with E-state index in [0.717, 1.165) is 29.2 Å². The van der Waals surface area contributed by atoms with Gasteiger partial charge in [0.05, 0.1) is 12.6 Å². The van der Waals surface area contributed by atoms with Gasteiger partial charge in [0.1, 0.15) is 18.0 Å². The number of nitrogens with zero attached hydrogens (tertiary/aromatic N) is 2. The highest BCUT2D eigenvalue weighted by atomic mass is 19.1. The lowest BCUT2D eigenvalue weighted by atomic mass is 9.93. The predicted molar refractivity (Wildman–Crippen MR) is 136 cm³/mol. The Balaban J connectivity index is 1.42. The zero-order valence-corrected chi connectivity index (χ0v) is 20.8. The number of benzene rings is 1. The molecule has 0 bridgehead atoms. The van der Waals surface area contributed by atoms with E-state index < -0.39 is 18.3 Å². The Hall–Kier alpha value is -2.74. The van der Waals surface area contributed by atoms with Gasteiger partial charge in [0.25, 0.3) is 0 Å². The molecule has 4 rings (SSSR count). The van der Waals surface area contributed by atoms with E-state index in [2.05, 4.69) is 29.5 Å². The van der Waals surface area contributed by atoms with Crippen molar-refractivity contribution in [2.75, 3.05) is 12.3 Å². The van der Waals surface area contributed by atoms with Gasteiger partial charge in [0.15, 0.2) is 0 Å². The molecule has 2 aliphatic rings. The summed E-state index contributed by atoms with van der Waals surface area (Å²) >= 11 is 0. The van der Waals surface area contributed by atoms with Crippen LogP contribution in [0.25, 0.3) is 10.8 Å². The number of halogens is 1. The smallest absolute Gasteiger partial charge is 0.243 e. The summed E-state index contributed by atoms with van der Waals surface area (Å²) in [5.74, 6) is 0.310. The SMILES string of the molecule is CC(C)C[C@@H](NC1CCCCC1)C(=O)N1C[C@@H](F)C[C@H]1C(=O)NCc1ccc2c(N)nccc2c1. The molecule has 2 heterocycles. The lowest BCUT2D eigenvalue weighted by molar-refractivity contribution is -0.140. The number of nitrogen functional groups attached to an aromatic ring is 1. The molecule has 7 nitrogen and oxygen atoms in total. The van der Waals surface area contributed by atoms with Crippen LogP contribution in [0.1, 0.15) is 64.4 Å². The number of rotatable bonds is 8. The van der Waals surface area contributed by atoms with E-state index in [1.807, 2.05) is 24.3 Å². The number of fused-ring (bicyclic) bond motifs is 1. The van der Waals surface area contributed by atoms with Gasteiger partial charge in [-0.05, 0) is 48.3 Å². The van der Waals surface area contributed by atoms with Gasteiger partial charge in [0.2, 0.25) is 11.8 Å². The summed E-state index contributed by atoms with van der Waals surface area (Å²) in [6.45, 7) is 4.44. The molecule has 1 aliphatic carbocycles. The van der Waals surface area contributed by atoms with Crippen molar-refractivity contribution in [2.24, 2.45) is 5.92 Å². The number of alkyl halides is 1. The molecule has 3 atom stereocenters. The number of pyridine rings is 1. The van der Waals surface area contributed by atoms with Crippen LogP contribution in [0.2, 0.25) is 0 Å². The lowest BCUT2D eigenvalue weighted by Gasteiger charge is -2.33. The van der Waals surface area contributed by atoms with Crippen molar-refractivity contribution in [3.05, 3.63) is 36.0 Å². The fraction of sp³-hybridized carbons (Fsp3) is 0.593. The van der Waals surface area contributed by atoms with Gasteiger partial charge in [-0.1, -0.05) is 45.2 Å². The zero-order chi connectivity index (χ0) is 24.9. The van der Waals surface area contributed by atoms with Crippen LogP contribution in [0.15, 0.2) is 30.5 Å². The summed E-state index contributed by atoms with van der Waals surface area (Å²) in [4.78, 5) is 32.2. The zero-order valence-electron chi connectivity index (χ0n) is 20.8.